The lowest BCUT2D eigenvalue weighted by molar-refractivity contribution is 0.103. The van der Waals surface area contributed by atoms with Crippen molar-refractivity contribution in [3.63, 3.8) is 0 Å². The van der Waals surface area contributed by atoms with Crippen LogP contribution in [0.2, 0.25) is 0 Å². The molecule has 1 heterocycles. The number of carbonyl (C=O) groups excluding carboxylic acids is 1. The van der Waals surface area contributed by atoms with Gasteiger partial charge in [0, 0.05) is 23.5 Å². The molecule has 0 aliphatic carbocycles. The van der Waals surface area contributed by atoms with Crippen LogP contribution in [0.4, 0.5) is 8.78 Å². The molecule has 3 nitrogen and oxygen atoms in total. The van der Waals surface area contributed by atoms with Gasteiger partial charge >= 0.3 is 0 Å². The zero-order valence-corrected chi connectivity index (χ0v) is 9.18. The number of benzene rings is 1. The zero-order valence-electron chi connectivity index (χ0n) is 9.18. The number of nitrogens with zero attached hydrogens (tertiary/aromatic N) is 1. The van der Waals surface area contributed by atoms with Crippen molar-refractivity contribution in [2.24, 2.45) is 0 Å². The van der Waals surface area contributed by atoms with Crippen LogP contribution in [-0.4, -0.2) is 15.9 Å². The Morgan fingerprint density at radius 3 is 2.44 bits per heavy atom. The van der Waals surface area contributed by atoms with Gasteiger partial charge in [0.25, 0.3) is 6.43 Å². The fourth-order valence-electron chi connectivity index (χ4n) is 1.53. The third-order valence-electron chi connectivity index (χ3n) is 2.46. The van der Waals surface area contributed by atoms with Gasteiger partial charge < -0.3 is 5.11 Å². The van der Waals surface area contributed by atoms with E-state index in [0.717, 1.165) is 18.2 Å². The number of halogens is 2. The van der Waals surface area contributed by atoms with Crippen LogP contribution in [0.5, 0.6) is 5.75 Å². The third-order valence-corrected chi connectivity index (χ3v) is 2.46. The number of phenols is 1. The van der Waals surface area contributed by atoms with Crippen LogP contribution in [-0.2, 0) is 0 Å². The van der Waals surface area contributed by atoms with E-state index in [1.165, 1.54) is 24.5 Å². The van der Waals surface area contributed by atoms with Crippen LogP contribution in [0, 0.1) is 0 Å². The first-order chi connectivity index (χ1) is 8.59. The van der Waals surface area contributed by atoms with E-state index in [2.05, 4.69) is 4.98 Å². The van der Waals surface area contributed by atoms with E-state index in [4.69, 9.17) is 0 Å². The highest BCUT2D eigenvalue weighted by Crippen LogP contribution is 2.26. The maximum atomic E-state index is 12.5. The molecule has 0 fully saturated rings. The summed E-state index contributed by atoms with van der Waals surface area (Å²) in [5.41, 5.74) is -0.157. The number of ketones is 1. The molecule has 1 aromatic carbocycles. The molecule has 0 saturated carbocycles. The molecule has 0 saturated heterocycles. The molecule has 0 aliphatic heterocycles. The number of hydrogen-bond donors (Lipinski definition) is 1. The van der Waals surface area contributed by atoms with Gasteiger partial charge in [-0.05, 0) is 30.3 Å². The largest absolute Gasteiger partial charge is 0.507 e. The van der Waals surface area contributed by atoms with Crippen LogP contribution in [0.1, 0.15) is 27.9 Å². The summed E-state index contributed by atoms with van der Waals surface area (Å²) in [6.45, 7) is 0. The maximum absolute atomic E-state index is 12.5. The average Bonchev–Trinajstić information content (AvgIpc) is 2.39. The molecule has 92 valence electrons. The third kappa shape index (κ3) is 2.34. The predicted molar refractivity (Wildman–Crippen MR) is 60.7 cm³/mol. The van der Waals surface area contributed by atoms with E-state index in [9.17, 15) is 18.7 Å². The Morgan fingerprint density at radius 2 is 1.83 bits per heavy atom. The van der Waals surface area contributed by atoms with E-state index < -0.39 is 12.2 Å². The van der Waals surface area contributed by atoms with Crippen molar-refractivity contribution in [1.29, 1.82) is 0 Å². The highest BCUT2D eigenvalue weighted by atomic mass is 19.3. The maximum Gasteiger partial charge on any atom is 0.263 e. The lowest BCUT2D eigenvalue weighted by Crippen LogP contribution is -2.03. The second-order valence-corrected chi connectivity index (χ2v) is 3.64. The molecule has 0 bridgehead atoms. The first-order valence-corrected chi connectivity index (χ1v) is 5.15. The summed E-state index contributed by atoms with van der Waals surface area (Å²) in [5.74, 6) is -0.835. The second-order valence-electron chi connectivity index (χ2n) is 3.64. The van der Waals surface area contributed by atoms with Gasteiger partial charge in [0.15, 0.2) is 5.78 Å². The summed E-state index contributed by atoms with van der Waals surface area (Å²) >= 11 is 0. The zero-order chi connectivity index (χ0) is 13.1. The van der Waals surface area contributed by atoms with Crippen LogP contribution in [0.15, 0.2) is 42.7 Å². The minimum absolute atomic E-state index is 0.140. The van der Waals surface area contributed by atoms with Gasteiger partial charge in [-0.1, -0.05) is 0 Å². The van der Waals surface area contributed by atoms with Crippen LogP contribution < -0.4 is 0 Å². The fourth-order valence-corrected chi connectivity index (χ4v) is 1.53. The Bertz CT molecular complexity index is 570. The Morgan fingerprint density at radius 1 is 1.17 bits per heavy atom. The molecule has 0 aliphatic rings. The average molecular weight is 249 g/mol. The van der Waals surface area contributed by atoms with Gasteiger partial charge in [0.2, 0.25) is 0 Å². The second kappa shape index (κ2) is 4.91. The Labute approximate surface area is 102 Å². The highest BCUT2D eigenvalue weighted by Gasteiger charge is 2.16. The first kappa shape index (κ1) is 12.2. The standard InChI is InChI=1S/C13H9F2NO2/c14-13(15)9-1-2-11(17)10(7-9)12(18)8-3-5-16-6-4-8/h1-7,13,17H. The predicted octanol–water partition coefficient (Wildman–Crippen LogP) is 2.96. The quantitative estimate of drug-likeness (QED) is 0.851. The van der Waals surface area contributed by atoms with E-state index in [1.807, 2.05) is 0 Å². The number of hydrogen-bond acceptors (Lipinski definition) is 3. The number of rotatable bonds is 3. The van der Waals surface area contributed by atoms with Gasteiger partial charge in [-0.3, -0.25) is 9.78 Å². The Balaban J connectivity index is 2.45. The number of aromatic nitrogens is 1. The SMILES string of the molecule is O=C(c1ccncc1)c1cc(C(F)F)ccc1O. The number of aromatic hydroxyl groups is 1. The van der Waals surface area contributed by atoms with Crippen molar-refractivity contribution >= 4 is 5.78 Å². The lowest BCUT2D eigenvalue weighted by atomic mass is 10.0. The summed E-state index contributed by atoms with van der Waals surface area (Å²) in [5, 5.41) is 9.57. The summed E-state index contributed by atoms with van der Waals surface area (Å²) < 4.78 is 25.1. The van der Waals surface area contributed by atoms with E-state index in [0.29, 0.717) is 0 Å². The van der Waals surface area contributed by atoms with Crippen molar-refractivity contribution in [1.82, 2.24) is 4.98 Å². The molecule has 18 heavy (non-hydrogen) atoms. The molecule has 0 spiro atoms. The van der Waals surface area contributed by atoms with Crippen LogP contribution >= 0.6 is 0 Å². The van der Waals surface area contributed by atoms with Crippen molar-refractivity contribution in [3.8, 4) is 5.75 Å². The first-order valence-electron chi connectivity index (χ1n) is 5.15. The van der Waals surface area contributed by atoms with Crippen molar-refractivity contribution in [2.75, 3.05) is 0 Å². The normalized spacial score (nSPS) is 10.6. The van der Waals surface area contributed by atoms with E-state index in [-0.39, 0.29) is 22.4 Å². The summed E-state index contributed by atoms with van der Waals surface area (Å²) in [7, 11) is 0. The minimum atomic E-state index is -2.69. The molecule has 2 aromatic rings. The van der Waals surface area contributed by atoms with Gasteiger partial charge in [-0.25, -0.2) is 8.78 Å². The van der Waals surface area contributed by atoms with E-state index >= 15 is 0 Å². The van der Waals surface area contributed by atoms with Crippen molar-refractivity contribution in [2.45, 2.75) is 6.43 Å². The monoisotopic (exact) mass is 249 g/mol. The number of phenolic OH excluding ortho intramolecular Hbond substituents is 1. The molecule has 2 rings (SSSR count). The molecule has 5 heteroatoms. The number of pyridine rings is 1. The molecule has 0 atom stereocenters. The summed E-state index contributed by atoms with van der Waals surface area (Å²) in [4.78, 5) is 15.8. The fraction of sp³-hybridized carbons (Fsp3) is 0.0769. The smallest absolute Gasteiger partial charge is 0.263 e. The van der Waals surface area contributed by atoms with Crippen molar-refractivity contribution < 1.29 is 18.7 Å². The van der Waals surface area contributed by atoms with Crippen LogP contribution in [0.3, 0.4) is 0 Å². The van der Waals surface area contributed by atoms with E-state index in [1.54, 1.807) is 0 Å². The number of alkyl halides is 2. The Kier molecular flexibility index (Phi) is 3.32. The lowest BCUT2D eigenvalue weighted by Gasteiger charge is -2.06. The number of carbonyl (C=O) groups is 1. The molecule has 1 N–H and O–H groups in total. The minimum Gasteiger partial charge on any atom is -0.507 e. The molecule has 0 unspecified atom stereocenters. The highest BCUT2D eigenvalue weighted by molar-refractivity contribution is 6.10. The van der Waals surface area contributed by atoms with Gasteiger partial charge in [0.1, 0.15) is 5.75 Å². The molecule has 0 amide bonds. The molecule has 1 aromatic heterocycles. The summed E-state index contributed by atoms with van der Waals surface area (Å²) in [6, 6.07) is 6.09. The Hall–Kier alpha value is -2.30. The van der Waals surface area contributed by atoms with Gasteiger partial charge in [0.05, 0.1) is 5.56 Å². The van der Waals surface area contributed by atoms with Gasteiger partial charge in [-0.15, -0.1) is 0 Å². The molecule has 0 radical (unpaired) electrons. The molecular weight excluding hydrogens is 240 g/mol. The van der Waals surface area contributed by atoms with Gasteiger partial charge in [-0.2, -0.15) is 0 Å². The summed E-state index contributed by atoms with van der Waals surface area (Å²) in [6.07, 6.45) is 0.150. The van der Waals surface area contributed by atoms with Crippen LogP contribution in [0.25, 0.3) is 0 Å². The molecular formula is C13H9F2NO2. The van der Waals surface area contributed by atoms with Crippen molar-refractivity contribution in [3.05, 3.63) is 59.4 Å². The topological polar surface area (TPSA) is 50.2 Å².